The summed E-state index contributed by atoms with van der Waals surface area (Å²) in [4.78, 5) is 11.5. The van der Waals surface area contributed by atoms with Crippen molar-refractivity contribution in [3.8, 4) is 0 Å². The van der Waals surface area contributed by atoms with Gasteiger partial charge in [0.1, 0.15) is 5.82 Å². The molecular formula is C23H29FN2O4S. The highest BCUT2D eigenvalue weighted by Gasteiger charge is 2.41. The Bertz CT molecular complexity index is 1020. The van der Waals surface area contributed by atoms with Crippen molar-refractivity contribution >= 4 is 15.9 Å². The summed E-state index contributed by atoms with van der Waals surface area (Å²) in [6.45, 7) is 1.87. The summed E-state index contributed by atoms with van der Waals surface area (Å²) in [7, 11) is -2.55. The van der Waals surface area contributed by atoms with Gasteiger partial charge in [0.05, 0.1) is 17.0 Å². The normalized spacial score (nSPS) is 24.5. The van der Waals surface area contributed by atoms with E-state index < -0.39 is 33.4 Å². The highest BCUT2D eigenvalue weighted by Crippen LogP contribution is 2.40. The van der Waals surface area contributed by atoms with Crippen LogP contribution in [0.15, 0.2) is 59.5 Å². The van der Waals surface area contributed by atoms with Gasteiger partial charge in [0.25, 0.3) is 0 Å². The fraction of sp³-hybridized carbons (Fsp3) is 0.435. The molecule has 0 aliphatic heterocycles. The van der Waals surface area contributed by atoms with Gasteiger partial charge in [-0.3, -0.25) is 4.79 Å². The number of halogens is 1. The van der Waals surface area contributed by atoms with E-state index >= 15 is 0 Å². The molecular weight excluding hydrogens is 419 g/mol. The summed E-state index contributed by atoms with van der Waals surface area (Å²) in [5.41, 5.74) is 0.638. The first-order valence-electron chi connectivity index (χ1n) is 10.4. The van der Waals surface area contributed by atoms with Gasteiger partial charge in [-0.2, -0.15) is 4.31 Å². The maximum absolute atomic E-state index is 13.6. The molecule has 168 valence electrons. The molecule has 1 amide bonds. The van der Waals surface area contributed by atoms with Crippen LogP contribution in [0.4, 0.5) is 4.39 Å². The number of carbonyl (C=O) groups excluding carboxylic acids is 1. The third-order valence-electron chi connectivity index (χ3n) is 6.28. The van der Waals surface area contributed by atoms with Gasteiger partial charge in [-0.1, -0.05) is 36.4 Å². The van der Waals surface area contributed by atoms with Gasteiger partial charge >= 0.3 is 0 Å². The van der Waals surface area contributed by atoms with Crippen LogP contribution in [-0.2, 0) is 20.2 Å². The molecule has 6 nitrogen and oxygen atoms in total. The molecule has 8 heteroatoms. The molecule has 0 unspecified atom stereocenters. The predicted molar refractivity (Wildman–Crippen MR) is 116 cm³/mol. The summed E-state index contributed by atoms with van der Waals surface area (Å²) >= 11 is 0. The minimum absolute atomic E-state index is 0.137. The van der Waals surface area contributed by atoms with Crippen LogP contribution in [0.5, 0.6) is 0 Å². The summed E-state index contributed by atoms with van der Waals surface area (Å²) in [6, 6.07) is 14.0. The number of likely N-dealkylation sites (N-methyl/N-ethyl adjacent to an activating group) is 1. The maximum Gasteiger partial charge on any atom is 0.243 e. The topological polar surface area (TPSA) is 86.7 Å². The van der Waals surface area contributed by atoms with Crippen molar-refractivity contribution < 1.29 is 22.7 Å². The van der Waals surface area contributed by atoms with E-state index in [9.17, 15) is 22.7 Å². The largest absolute Gasteiger partial charge is 0.391 e. The SMILES string of the molecule is CC(=O)NC[C@]1(c2ccccc2)CC[C@H](O)[C@@H](N(C)S(=O)(=O)c2cccc(F)c2)CC1. The van der Waals surface area contributed by atoms with Crippen molar-refractivity contribution in [2.24, 2.45) is 0 Å². The molecule has 0 spiro atoms. The molecule has 1 saturated carbocycles. The number of nitrogens with one attached hydrogen (secondary N) is 1. The molecule has 1 aliphatic carbocycles. The Labute approximate surface area is 183 Å². The average Bonchev–Trinajstić information content (AvgIpc) is 2.92. The molecule has 0 bridgehead atoms. The number of hydrogen-bond acceptors (Lipinski definition) is 4. The van der Waals surface area contributed by atoms with Crippen molar-refractivity contribution in [2.45, 2.75) is 55.1 Å². The molecule has 1 fully saturated rings. The van der Waals surface area contributed by atoms with Crippen molar-refractivity contribution in [1.82, 2.24) is 9.62 Å². The van der Waals surface area contributed by atoms with Crippen LogP contribution in [0.3, 0.4) is 0 Å². The number of rotatable bonds is 6. The minimum atomic E-state index is -3.97. The standard InChI is InChI=1S/C23H29FN2O4S/c1-17(27)25-16-23(18-7-4-3-5-8-18)13-11-21(22(28)12-14-23)26(2)31(29,30)20-10-6-9-19(24)15-20/h3-10,15,21-22,28H,11-14,16H2,1-2H3,(H,25,27)/t21-,22-,23+/m0/s1. The molecule has 2 N–H and O–H groups in total. The smallest absolute Gasteiger partial charge is 0.243 e. The Kier molecular flexibility index (Phi) is 7.13. The molecule has 31 heavy (non-hydrogen) atoms. The van der Waals surface area contributed by atoms with Gasteiger partial charge < -0.3 is 10.4 Å². The Hall–Kier alpha value is -2.29. The first-order chi connectivity index (χ1) is 14.7. The number of aliphatic hydroxyl groups excluding tert-OH is 1. The zero-order valence-corrected chi connectivity index (χ0v) is 18.6. The third kappa shape index (κ3) is 5.14. The number of carbonyl (C=O) groups is 1. The van der Waals surface area contributed by atoms with Crippen molar-refractivity contribution in [2.75, 3.05) is 13.6 Å². The number of sulfonamides is 1. The van der Waals surface area contributed by atoms with Crippen molar-refractivity contribution in [3.63, 3.8) is 0 Å². The number of amides is 1. The summed E-state index contributed by atoms with van der Waals surface area (Å²) in [5.74, 6) is -0.767. The van der Waals surface area contributed by atoms with Gasteiger partial charge in [-0.15, -0.1) is 0 Å². The zero-order valence-electron chi connectivity index (χ0n) is 17.8. The zero-order chi connectivity index (χ0) is 22.6. The van der Waals surface area contributed by atoms with Crippen LogP contribution < -0.4 is 5.32 Å². The molecule has 0 saturated heterocycles. The lowest BCUT2D eigenvalue weighted by Crippen LogP contribution is -2.44. The fourth-order valence-corrected chi connectivity index (χ4v) is 5.85. The highest BCUT2D eigenvalue weighted by atomic mass is 32.2. The number of nitrogens with zero attached hydrogens (tertiary/aromatic N) is 1. The molecule has 1 aliphatic rings. The minimum Gasteiger partial charge on any atom is -0.391 e. The molecule has 2 aromatic rings. The monoisotopic (exact) mass is 448 g/mol. The van der Waals surface area contributed by atoms with Crippen LogP contribution in [0.1, 0.15) is 38.2 Å². The average molecular weight is 449 g/mol. The third-order valence-corrected chi connectivity index (χ3v) is 8.16. The number of hydrogen-bond donors (Lipinski definition) is 2. The summed E-state index contributed by atoms with van der Waals surface area (Å²) in [5, 5.41) is 13.8. The first kappa shape index (κ1) is 23.4. The van der Waals surface area contributed by atoms with Gasteiger partial charge in [-0.25, -0.2) is 12.8 Å². The lowest BCUT2D eigenvalue weighted by molar-refractivity contribution is -0.119. The van der Waals surface area contributed by atoms with E-state index in [-0.39, 0.29) is 10.8 Å². The van der Waals surface area contributed by atoms with E-state index in [1.807, 2.05) is 30.3 Å². The lowest BCUT2D eigenvalue weighted by atomic mass is 9.74. The van der Waals surface area contributed by atoms with Crippen molar-refractivity contribution in [3.05, 3.63) is 66.0 Å². The van der Waals surface area contributed by atoms with E-state index in [1.54, 1.807) is 0 Å². The Balaban J connectivity index is 1.89. The van der Waals surface area contributed by atoms with Crippen molar-refractivity contribution in [1.29, 1.82) is 0 Å². The van der Waals surface area contributed by atoms with Crippen LogP contribution in [0.25, 0.3) is 0 Å². The Morgan fingerprint density at radius 2 is 1.84 bits per heavy atom. The molecule has 0 radical (unpaired) electrons. The molecule has 3 rings (SSSR count). The molecule has 0 aromatic heterocycles. The molecule has 2 aromatic carbocycles. The summed E-state index contributed by atoms with van der Waals surface area (Å²) in [6.07, 6.45) is 1.09. The van der Waals surface area contributed by atoms with Gasteiger partial charge in [-0.05, 0) is 49.4 Å². The van der Waals surface area contributed by atoms with E-state index in [4.69, 9.17) is 0 Å². The van der Waals surface area contributed by atoms with Crippen LogP contribution >= 0.6 is 0 Å². The molecule has 0 heterocycles. The Morgan fingerprint density at radius 1 is 1.16 bits per heavy atom. The predicted octanol–water partition coefficient (Wildman–Crippen LogP) is 2.82. The van der Waals surface area contributed by atoms with Crippen LogP contribution in [0, 0.1) is 5.82 Å². The van der Waals surface area contributed by atoms with Crippen LogP contribution in [-0.4, -0.2) is 49.5 Å². The van der Waals surface area contributed by atoms with Crippen LogP contribution in [0.2, 0.25) is 0 Å². The number of aliphatic hydroxyl groups is 1. The fourth-order valence-electron chi connectivity index (χ4n) is 4.41. The molecule has 3 atom stereocenters. The quantitative estimate of drug-likeness (QED) is 0.666. The second-order valence-electron chi connectivity index (χ2n) is 8.25. The highest BCUT2D eigenvalue weighted by molar-refractivity contribution is 7.89. The van der Waals surface area contributed by atoms with Gasteiger partial charge in [0.15, 0.2) is 0 Å². The van der Waals surface area contributed by atoms with E-state index in [1.165, 1.54) is 32.2 Å². The first-order valence-corrected chi connectivity index (χ1v) is 11.8. The van der Waals surface area contributed by atoms with E-state index in [2.05, 4.69) is 5.32 Å². The second kappa shape index (κ2) is 9.46. The Morgan fingerprint density at radius 3 is 2.48 bits per heavy atom. The second-order valence-corrected chi connectivity index (χ2v) is 10.2. The lowest BCUT2D eigenvalue weighted by Gasteiger charge is -2.34. The summed E-state index contributed by atoms with van der Waals surface area (Å²) < 4.78 is 40.9. The van der Waals surface area contributed by atoms with Gasteiger partial charge in [0.2, 0.25) is 15.9 Å². The number of benzene rings is 2. The van der Waals surface area contributed by atoms with E-state index in [0.29, 0.717) is 32.2 Å². The van der Waals surface area contributed by atoms with Gasteiger partial charge in [0, 0.05) is 25.9 Å². The maximum atomic E-state index is 13.6. The van der Waals surface area contributed by atoms with E-state index in [0.717, 1.165) is 15.9 Å².